The first-order valence-electron chi connectivity index (χ1n) is 15.9. The predicted octanol–water partition coefficient (Wildman–Crippen LogP) is 7.97. The van der Waals surface area contributed by atoms with E-state index in [1.807, 2.05) is 58.2 Å². The monoisotopic (exact) mass is 602 g/mol. The van der Waals surface area contributed by atoms with Crippen LogP contribution in [-0.4, -0.2) is 25.9 Å². The molecule has 0 aliphatic heterocycles. The SMILES string of the molecule is Bc1c(B)c(O)c2c(-c3cccc4oc5cc(-c6cccc7ccccc67)ccc5c34)c3ccccc3c(-c3ccccc3)c2c1O. The third kappa shape index (κ3) is 3.96. The van der Waals surface area contributed by atoms with Crippen molar-refractivity contribution in [3.63, 3.8) is 0 Å². The lowest BCUT2D eigenvalue weighted by molar-refractivity contribution is 0.476. The standard InChI is InChI=1S/C42H28B2O3/c43-39-40(44)42(46)38-36(29-16-7-6-15-28(29)34(37(38)41(39)45)24-11-2-1-3-12-24)31-18-9-19-32-35(31)30-21-20-25(22-33(30)47-32)27-17-8-13-23-10-4-5-14-26(23)27/h1-22,45-46H,43-44H2. The molecular formula is C42H28B2O3. The van der Waals surface area contributed by atoms with Crippen LogP contribution in [0.3, 0.4) is 0 Å². The Morgan fingerprint density at radius 2 is 1.02 bits per heavy atom. The summed E-state index contributed by atoms with van der Waals surface area (Å²) in [6.07, 6.45) is 0. The van der Waals surface area contributed by atoms with Gasteiger partial charge in [0.1, 0.15) is 38.4 Å². The number of hydrogen-bond donors (Lipinski definition) is 2. The van der Waals surface area contributed by atoms with Gasteiger partial charge in [0.2, 0.25) is 0 Å². The Labute approximate surface area is 273 Å². The van der Waals surface area contributed by atoms with Gasteiger partial charge in [0.05, 0.1) is 0 Å². The lowest BCUT2D eigenvalue weighted by atomic mass is 9.74. The average Bonchev–Trinajstić information content (AvgIpc) is 3.50. The van der Waals surface area contributed by atoms with Crippen molar-refractivity contribution in [3.05, 3.63) is 133 Å². The van der Waals surface area contributed by atoms with E-state index in [1.165, 1.54) is 10.8 Å². The quantitative estimate of drug-likeness (QED) is 0.123. The van der Waals surface area contributed by atoms with E-state index < -0.39 is 0 Å². The molecule has 220 valence electrons. The summed E-state index contributed by atoms with van der Waals surface area (Å²) in [7, 11) is 3.74. The Morgan fingerprint density at radius 1 is 0.426 bits per heavy atom. The van der Waals surface area contributed by atoms with Crippen molar-refractivity contribution >= 4 is 80.9 Å². The molecule has 2 N–H and O–H groups in total. The molecule has 0 aliphatic carbocycles. The highest BCUT2D eigenvalue weighted by molar-refractivity contribution is 6.53. The highest BCUT2D eigenvalue weighted by atomic mass is 16.3. The van der Waals surface area contributed by atoms with Gasteiger partial charge in [0.15, 0.2) is 0 Å². The van der Waals surface area contributed by atoms with Crippen LogP contribution in [0.15, 0.2) is 138 Å². The third-order valence-corrected chi connectivity index (χ3v) is 9.89. The highest BCUT2D eigenvalue weighted by Gasteiger charge is 2.26. The second kappa shape index (κ2) is 10.3. The van der Waals surface area contributed by atoms with E-state index in [0.717, 1.165) is 66.1 Å². The summed E-state index contributed by atoms with van der Waals surface area (Å²) in [5.74, 6) is 0.362. The van der Waals surface area contributed by atoms with E-state index in [0.29, 0.717) is 21.7 Å². The first-order valence-corrected chi connectivity index (χ1v) is 15.9. The van der Waals surface area contributed by atoms with Gasteiger partial charge in [-0.25, -0.2) is 0 Å². The Hall–Kier alpha value is -5.93. The van der Waals surface area contributed by atoms with E-state index in [2.05, 4.69) is 91.0 Å². The van der Waals surface area contributed by atoms with Crippen LogP contribution in [0.1, 0.15) is 0 Å². The maximum Gasteiger partial charge on any atom is 0.143 e. The number of fused-ring (bicyclic) bond motifs is 6. The van der Waals surface area contributed by atoms with Gasteiger partial charge in [0, 0.05) is 32.7 Å². The fraction of sp³-hybridized carbons (Fsp3) is 0. The van der Waals surface area contributed by atoms with E-state index in [9.17, 15) is 10.2 Å². The molecule has 0 radical (unpaired) electrons. The van der Waals surface area contributed by atoms with Gasteiger partial charge in [-0.15, -0.1) is 0 Å². The van der Waals surface area contributed by atoms with Crippen molar-refractivity contribution in [1.29, 1.82) is 0 Å². The van der Waals surface area contributed by atoms with Gasteiger partial charge in [-0.3, -0.25) is 0 Å². The molecular weight excluding hydrogens is 574 g/mol. The van der Waals surface area contributed by atoms with Crippen LogP contribution in [0.5, 0.6) is 11.5 Å². The Morgan fingerprint density at radius 3 is 1.79 bits per heavy atom. The van der Waals surface area contributed by atoms with E-state index in [1.54, 1.807) is 0 Å². The zero-order valence-corrected chi connectivity index (χ0v) is 26.0. The molecule has 0 saturated carbocycles. The van der Waals surface area contributed by atoms with Crippen LogP contribution in [0.25, 0.3) is 87.6 Å². The summed E-state index contributed by atoms with van der Waals surface area (Å²) < 4.78 is 6.59. The summed E-state index contributed by atoms with van der Waals surface area (Å²) in [6.45, 7) is 0. The van der Waals surface area contributed by atoms with Crippen LogP contribution >= 0.6 is 0 Å². The maximum absolute atomic E-state index is 12.0. The Kier molecular flexibility index (Phi) is 6.00. The molecule has 0 bridgehead atoms. The zero-order chi connectivity index (χ0) is 31.8. The van der Waals surface area contributed by atoms with E-state index >= 15 is 0 Å². The van der Waals surface area contributed by atoms with Crippen LogP contribution in [0.2, 0.25) is 0 Å². The predicted molar refractivity (Wildman–Crippen MR) is 202 cm³/mol. The van der Waals surface area contributed by atoms with E-state index in [-0.39, 0.29) is 11.5 Å². The van der Waals surface area contributed by atoms with Gasteiger partial charge >= 0.3 is 0 Å². The van der Waals surface area contributed by atoms with Crippen molar-refractivity contribution < 1.29 is 14.6 Å². The molecule has 3 nitrogen and oxygen atoms in total. The molecule has 9 aromatic rings. The molecule has 1 heterocycles. The lowest BCUT2D eigenvalue weighted by Gasteiger charge is -2.22. The van der Waals surface area contributed by atoms with Crippen LogP contribution < -0.4 is 10.9 Å². The van der Waals surface area contributed by atoms with Crippen molar-refractivity contribution in [2.75, 3.05) is 0 Å². The molecule has 8 aromatic carbocycles. The average molecular weight is 602 g/mol. The topological polar surface area (TPSA) is 53.6 Å². The second-order valence-electron chi connectivity index (χ2n) is 12.4. The smallest absolute Gasteiger partial charge is 0.143 e. The number of phenols is 2. The zero-order valence-electron chi connectivity index (χ0n) is 26.0. The minimum Gasteiger partial charge on any atom is -0.508 e. The number of aromatic hydroxyl groups is 2. The van der Waals surface area contributed by atoms with Crippen molar-refractivity contribution in [1.82, 2.24) is 0 Å². The fourth-order valence-electron chi connectivity index (χ4n) is 7.51. The van der Waals surface area contributed by atoms with Crippen LogP contribution in [0.4, 0.5) is 0 Å². The first-order chi connectivity index (χ1) is 23.0. The maximum atomic E-state index is 12.0. The molecule has 0 saturated heterocycles. The summed E-state index contributed by atoms with van der Waals surface area (Å²) in [4.78, 5) is 0. The summed E-state index contributed by atoms with van der Waals surface area (Å²) >= 11 is 0. The fourth-order valence-corrected chi connectivity index (χ4v) is 7.51. The van der Waals surface area contributed by atoms with Gasteiger partial charge in [-0.1, -0.05) is 115 Å². The molecule has 5 heteroatoms. The number of rotatable bonds is 3. The largest absolute Gasteiger partial charge is 0.508 e. The molecule has 0 aliphatic rings. The Bertz CT molecular complexity index is 2720. The summed E-state index contributed by atoms with van der Waals surface area (Å²) in [5.41, 5.74) is 8.84. The van der Waals surface area contributed by atoms with Crippen LogP contribution in [-0.2, 0) is 0 Å². The molecule has 0 amide bonds. The molecule has 1 aromatic heterocycles. The normalized spacial score (nSPS) is 11.7. The molecule has 0 unspecified atom stereocenters. The minimum atomic E-state index is 0.177. The first kappa shape index (κ1) is 27.4. The molecule has 47 heavy (non-hydrogen) atoms. The second-order valence-corrected chi connectivity index (χ2v) is 12.4. The molecule has 0 fully saturated rings. The van der Waals surface area contributed by atoms with Crippen molar-refractivity contribution in [3.8, 4) is 44.9 Å². The molecule has 9 rings (SSSR count). The van der Waals surface area contributed by atoms with Crippen molar-refractivity contribution in [2.24, 2.45) is 0 Å². The number of phenolic OH excluding ortho intramolecular Hbond substituents is 2. The van der Waals surface area contributed by atoms with Crippen LogP contribution in [0, 0.1) is 0 Å². The summed E-state index contributed by atoms with van der Waals surface area (Å²) in [5, 5.41) is 31.5. The minimum absolute atomic E-state index is 0.177. The van der Waals surface area contributed by atoms with E-state index in [4.69, 9.17) is 4.42 Å². The molecule has 0 spiro atoms. The number of benzene rings is 8. The van der Waals surface area contributed by atoms with Gasteiger partial charge < -0.3 is 14.6 Å². The summed E-state index contributed by atoms with van der Waals surface area (Å²) in [6, 6.07) is 45.8. The highest BCUT2D eigenvalue weighted by Crippen LogP contribution is 2.50. The third-order valence-electron chi connectivity index (χ3n) is 9.89. The van der Waals surface area contributed by atoms with Gasteiger partial charge in [0.25, 0.3) is 0 Å². The van der Waals surface area contributed by atoms with Gasteiger partial charge in [-0.05, 0) is 72.9 Å². The molecule has 0 atom stereocenters. The Balaban J connectivity index is 1.41. The number of hydrogen-bond acceptors (Lipinski definition) is 3. The van der Waals surface area contributed by atoms with Gasteiger partial charge in [-0.2, -0.15) is 0 Å². The van der Waals surface area contributed by atoms with Crippen molar-refractivity contribution in [2.45, 2.75) is 0 Å². The lowest BCUT2D eigenvalue weighted by Crippen LogP contribution is -2.26. The number of furan rings is 1.